The Bertz CT molecular complexity index is 593. The number of benzene rings is 1. The lowest BCUT2D eigenvalue weighted by Crippen LogP contribution is -2.25. The van der Waals surface area contributed by atoms with Crippen molar-refractivity contribution in [3.63, 3.8) is 0 Å². The number of halogens is 1. The highest BCUT2D eigenvalue weighted by Crippen LogP contribution is 2.01. The van der Waals surface area contributed by atoms with Gasteiger partial charge >= 0.3 is 5.97 Å². The van der Waals surface area contributed by atoms with Crippen molar-refractivity contribution in [2.45, 2.75) is 6.54 Å². The van der Waals surface area contributed by atoms with Crippen LogP contribution in [0, 0.1) is 0 Å². The first-order chi connectivity index (χ1) is 8.18. The second-order valence-electron chi connectivity index (χ2n) is 3.65. The van der Waals surface area contributed by atoms with E-state index in [1.165, 1.54) is 10.6 Å². The summed E-state index contributed by atoms with van der Waals surface area (Å²) in [6.07, 6.45) is 1.59. The van der Waals surface area contributed by atoms with Crippen molar-refractivity contribution >= 4 is 18.4 Å². The summed E-state index contributed by atoms with van der Waals surface area (Å²) in [6.45, 7) is 0.376. The second-order valence-corrected chi connectivity index (χ2v) is 3.65. The molecule has 1 aromatic heterocycles. The molecule has 0 aliphatic carbocycles. The third-order valence-electron chi connectivity index (χ3n) is 2.45. The summed E-state index contributed by atoms with van der Waals surface area (Å²) in [5.41, 5.74) is 0.268. The number of pyridine rings is 1. The number of aromatic carboxylic acids is 1. The first kappa shape index (κ1) is 14.0. The lowest BCUT2D eigenvalue weighted by molar-refractivity contribution is 0.0694. The van der Waals surface area contributed by atoms with Crippen LogP contribution in [0.2, 0.25) is 0 Å². The third-order valence-corrected chi connectivity index (χ3v) is 2.45. The fraction of sp³-hybridized carbons (Fsp3) is 0.0769. The minimum atomic E-state index is -1.20. The fourth-order valence-corrected chi connectivity index (χ4v) is 1.60. The summed E-state index contributed by atoms with van der Waals surface area (Å²) in [4.78, 5) is 22.6. The summed E-state index contributed by atoms with van der Waals surface area (Å²) in [5, 5.41) is 8.84. The number of nitrogens with zero attached hydrogens (tertiary/aromatic N) is 1. The monoisotopic (exact) mass is 265 g/mol. The van der Waals surface area contributed by atoms with Crippen molar-refractivity contribution in [3.05, 3.63) is 70.1 Å². The van der Waals surface area contributed by atoms with Gasteiger partial charge in [0.2, 0.25) is 0 Å². The zero-order chi connectivity index (χ0) is 12.3. The Kier molecular flexibility index (Phi) is 4.68. The molecule has 0 radical (unpaired) electrons. The smallest absolute Gasteiger partial charge is 0.341 e. The van der Waals surface area contributed by atoms with Gasteiger partial charge in [0.1, 0.15) is 5.56 Å². The van der Waals surface area contributed by atoms with Gasteiger partial charge in [-0.25, -0.2) is 4.79 Å². The zero-order valence-electron chi connectivity index (χ0n) is 9.45. The van der Waals surface area contributed by atoms with E-state index in [0.717, 1.165) is 5.56 Å². The van der Waals surface area contributed by atoms with Gasteiger partial charge in [-0.15, -0.1) is 12.4 Å². The molecule has 2 aromatic rings. The van der Waals surface area contributed by atoms with Gasteiger partial charge in [0, 0.05) is 6.20 Å². The summed E-state index contributed by atoms with van der Waals surface area (Å²) in [5.74, 6) is -1.20. The molecule has 1 aromatic carbocycles. The van der Waals surface area contributed by atoms with Crippen molar-refractivity contribution in [1.29, 1.82) is 0 Å². The van der Waals surface area contributed by atoms with Crippen molar-refractivity contribution in [3.8, 4) is 0 Å². The molecule has 5 heteroatoms. The Morgan fingerprint density at radius 1 is 1.11 bits per heavy atom. The molecule has 2 rings (SSSR count). The first-order valence-corrected chi connectivity index (χ1v) is 5.15. The van der Waals surface area contributed by atoms with E-state index in [9.17, 15) is 9.59 Å². The number of carbonyl (C=O) groups is 1. The molecule has 0 aliphatic rings. The Morgan fingerprint density at radius 2 is 1.78 bits per heavy atom. The number of aromatic nitrogens is 1. The van der Waals surface area contributed by atoms with E-state index < -0.39 is 11.5 Å². The quantitative estimate of drug-likeness (QED) is 0.924. The SMILES string of the molecule is Cl.O=C(O)c1cccn(Cc2ccccc2)c1=O. The molecule has 0 saturated carbocycles. The van der Waals surface area contributed by atoms with E-state index >= 15 is 0 Å². The van der Waals surface area contributed by atoms with E-state index in [-0.39, 0.29) is 18.0 Å². The number of hydrogen-bond acceptors (Lipinski definition) is 2. The molecular formula is C13H12ClNO3. The molecule has 0 aliphatic heterocycles. The maximum Gasteiger partial charge on any atom is 0.341 e. The van der Waals surface area contributed by atoms with E-state index in [1.54, 1.807) is 12.3 Å². The van der Waals surface area contributed by atoms with Gasteiger partial charge in [-0.3, -0.25) is 4.79 Å². The second kappa shape index (κ2) is 6.02. The molecule has 0 unspecified atom stereocenters. The maximum atomic E-state index is 11.8. The van der Waals surface area contributed by atoms with Crippen LogP contribution in [0.15, 0.2) is 53.5 Å². The van der Waals surface area contributed by atoms with Crippen LogP contribution in [0.25, 0.3) is 0 Å². The molecule has 0 amide bonds. The number of carboxylic acid groups (broad SMARTS) is 1. The van der Waals surface area contributed by atoms with Gasteiger partial charge in [-0.2, -0.15) is 0 Å². The molecule has 0 saturated heterocycles. The van der Waals surface area contributed by atoms with Crippen molar-refractivity contribution in [1.82, 2.24) is 4.57 Å². The van der Waals surface area contributed by atoms with Crippen LogP contribution in [-0.4, -0.2) is 15.6 Å². The normalized spacial score (nSPS) is 9.56. The molecule has 94 valence electrons. The summed E-state index contributed by atoms with van der Waals surface area (Å²) in [6, 6.07) is 12.3. The lowest BCUT2D eigenvalue weighted by atomic mass is 10.2. The van der Waals surface area contributed by atoms with Crippen LogP contribution in [0.5, 0.6) is 0 Å². The Morgan fingerprint density at radius 3 is 2.39 bits per heavy atom. The highest BCUT2D eigenvalue weighted by Gasteiger charge is 2.09. The molecule has 4 nitrogen and oxygen atoms in total. The largest absolute Gasteiger partial charge is 0.477 e. The van der Waals surface area contributed by atoms with E-state index in [2.05, 4.69) is 0 Å². The van der Waals surface area contributed by atoms with Crippen LogP contribution in [0.1, 0.15) is 15.9 Å². The molecule has 0 fully saturated rings. The highest BCUT2D eigenvalue weighted by molar-refractivity contribution is 5.87. The Labute approximate surface area is 110 Å². The van der Waals surface area contributed by atoms with Gasteiger partial charge in [-0.05, 0) is 17.7 Å². The number of rotatable bonds is 3. The summed E-state index contributed by atoms with van der Waals surface area (Å²) >= 11 is 0. The molecule has 0 bridgehead atoms. The number of carboxylic acids is 1. The van der Waals surface area contributed by atoms with Gasteiger partial charge in [0.15, 0.2) is 0 Å². The van der Waals surface area contributed by atoms with Crippen LogP contribution < -0.4 is 5.56 Å². The van der Waals surface area contributed by atoms with Gasteiger partial charge in [-0.1, -0.05) is 30.3 Å². The van der Waals surface area contributed by atoms with E-state index in [0.29, 0.717) is 6.54 Å². The summed E-state index contributed by atoms with van der Waals surface area (Å²) < 4.78 is 1.39. The van der Waals surface area contributed by atoms with Crippen molar-refractivity contribution in [2.75, 3.05) is 0 Å². The molecule has 0 spiro atoms. The summed E-state index contributed by atoms with van der Waals surface area (Å²) in [7, 11) is 0. The van der Waals surface area contributed by atoms with Crippen molar-refractivity contribution in [2.24, 2.45) is 0 Å². The lowest BCUT2D eigenvalue weighted by Gasteiger charge is -2.06. The zero-order valence-corrected chi connectivity index (χ0v) is 10.3. The van der Waals surface area contributed by atoms with E-state index in [1.807, 2.05) is 30.3 Å². The predicted octanol–water partition coefficient (Wildman–Crippen LogP) is 2.02. The fourth-order valence-electron chi connectivity index (χ4n) is 1.60. The molecular weight excluding hydrogens is 254 g/mol. The average Bonchev–Trinajstić information content (AvgIpc) is 2.33. The molecule has 18 heavy (non-hydrogen) atoms. The average molecular weight is 266 g/mol. The van der Waals surface area contributed by atoms with Crippen LogP contribution >= 0.6 is 12.4 Å². The topological polar surface area (TPSA) is 59.3 Å². The minimum absolute atomic E-state index is 0. The molecule has 0 atom stereocenters. The predicted molar refractivity (Wildman–Crippen MR) is 70.5 cm³/mol. The van der Waals surface area contributed by atoms with Gasteiger partial charge < -0.3 is 9.67 Å². The van der Waals surface area contributed by atoms with Gasteiger partial charge in [0.25, 0.3) is 5.56 Å². The third kappa shape index (κ3) is 2.99. The first-order valence-electron chi connectivity index (χ1n) is 5.15. The standard InChI is InChI=1S/C13H11NO3.ClH/c15-12-11(13(16)17)7-4-8-14(12)9-10-5-2-1-3-6-10;/h1-8H,9H2,(H,16,17);1H. The van der Waals surface area contributed by atoms with Crippen molar-refractivity contribution < 1.29 is 9.90 Å². The van der Waals surface area contributed by atoms with Crippen LogP contribution in [0.3, 0.4) is 0 Å². The molecule has 1 heterocycles. The van der Waals surface area contributed by atoms with E-state index in [4.69, 9.17) is 5.11 Å². The van der Waals surface area contributed by atoms with Gasteiger partial charge in [0.05, 0.1) is 6.54 Å². The minimum Gasteiger partial charge on any atom is -0.477 e. The number of hydrogen-bond donors (Lipinski definition) is 1. The van der Waals surface area contributed by atoms with Crippen LogP contribution in [0.4, 0.5) is 0 Å². The Balaban J connectivity index is 0.00000162. The molecule has 1 N–H and O–H groups in total. The highest BCUT2D eigenvalue weighted by atomic mass is 35.5. The Hall–Kier alpha value is -2.07. The maximum absolute atomic E-state index is 11.8. The van der Waals surface area contributed by atoms with Crippen LogP contribution in [-0.2, 0) is 6.54 Å².